The molecule has 0 radical (unpaired) electrons. The first-order valence-electron chi connectivity index (χ1n) is 9.66. The second-order valence-corrected chi connectivity index (χ2v) is 7.43. The van der Waals surface area contributed by atoms with Gasteiger partial charge in [0.25, 0.3) is 5.91 Å². The Kier molecular flexibility index (Phi) is 5.34. The van der Waals surface area contributed by atoms with Crippen molar-refractivity contribution in [3.8, 4) is 0 Å². The van der Waals surface area contributed by atoms with Crippen LogP contribution < -0.4 is 5.32 Å². The maximum absolute atomic E-state index is 12.9. The van der Waals surface area contributed by atoms with E-state index in [1.165, 1.54) is 0 Å². The molecule has 7 heteroatoms. The maximum atomic E-state index is 12.9. The summed E-state index contributed by atoms with van der Waals surface area (Å²) in [4.78, 5) is 35.9. The quantitative estimate of drug-likeness (QED) is 0.883. The van der Waals surface area contributed by atoms with Gasteiger partial charge < -0.3 is 15.0 Å². The number of carbonyl (C=O) groups is 2. The number of ether oxygens (including phenoxy) is 1. The number of fused-ring (bicyclic) bond motifs is 1. The highest BCUT2D eigenvalue weighted by Gasteiger charge is 2.42. The first-order valence-corrected chi connectivity index (χ1v) is 9.66. The number of piperidine rings is 1. The van der Waals surface area contributed by atoms with E-state index in [0.717, 1.165) is 12.1 Å². The highest BCUT2D eigenvalue weighted by molar-refractivity contribution is 5.94. The van der Waals surface area contributed by atoms with E-state index in [-0.39, 0.29) is 29.8 Å². The minimum absolute atomic E-state index is 0.0125. The number of hydrogen-bond donors (Lipinski definition) is 1. The SMILES string of the molecule is Cc1ccc(C(=O)N2CC[C@H]3OCC[C@@H](C(=O)Nc4cccnc4)[C@@H]3C2)cn1. The molecule has 0 bridgehead atoms. The largest absolute Gasteiger partial charge is 0.378 e. The topological polar surface area (TPSA) is 84.4 Å². The van der Waals surface area contributed by atoms with Crippen LogP contribution in [0.5, 0.6) is 0 Å². The molecule has 7 nitrogen and oxygen atoms in total. The molecule has 28 heavy (non-hydrogen) atoms. The standard InChI is InChI=1S/C21H24N4O3/c1-14-4-5-15(11-23-14)21(27)25-9-6-19-18(13-25)17(7-10-28-19)20(26)24-16-3-2-8-22-12-16/h2-5,8,11-12,17-19H,6-7,9-10,13H2,1H3,(H,24,26)/t17-,18+,19-/m1/s1. The number of aromatic nitrogens is 2. The Bertz CT molecular complexity index is 840. The van der Waals surface area contributed by atoms with Gasteiger partial charge in [0.15, 0.2) is 0 Å². The summed E-state index contributed by atoms with van der Waals surface area (Å²) in [5, 5.41) is 2.96. The van der Waals surface area contributed by atoms with E-state index in [1.54, 1.807) is 30.7 Å². The normalized spacial score (nSPS) is 24.3. The number of amides is 2. The van der Waals surface area contributed by atoms with Crippen molar-refractivity contribution < 1.29 is 14.3 Å². The predicted octanol–water partition coefficient (Wildman–Crippen LogP) is 2.29. The molecule has 2 aliphatic heterocycles. The number of carbonyl (C=O) groups excluding carboxylic acids is 2. The van der Waals surface area contributed by atoms with Gasteiger partial charge in [-0.3, -0.25) is 19.6 Å². The first kappa shape index (κ1) is 18.6. The Morgan fingerprint density at radius 2 is 2.11 bits per heavy atom. The van der Waals surface area contributed by atoms with E-state index >= 15 is 0 Å². The van der Waals surface area contributed by atoms with Crippen LogP contribution in [0.2, 0.25) is 0 Å². The number of anilines is 1. The number of nitrogens with one attached hydrogen (secondary N) is 1. The van der Waals surface area contributed by atoms with Crippen molar-refractivity contribution in [1.29, 1.82) is 0 Å². The second-order valence-electron chi connectivity index (χ2n) is 7.43. The first-order chi connectivity index (χ1) is 13.6. The molecule has 1 N–H and O–H groups in total. The van der Waals surface area contributed by atoms with Crippen LogP contribution in [-0.4, -0.2) is 52.5 Å². The van der Waals surface area contributed by atoms with Crippen LogP contribution in [-0.2, 0) is 9.53 Å². The van der Waals surface area contributed by atoms with Crippen molar-refractivity contribution >= 4 is 17.5 Å². The van der Waals surface area contributed by atoms with Gasteiger partial charge in [-0.25, -0.2) is 0 Å². The maximum Gasteiger partial charge on any atom is 0.255 e. The van der Waals surface area contributed by atoms with E-state index < -0.39 is 0 Å². The zero-order valence-electron chi connectivity index (χ0n) is 15.9. The van der Waals surface area contributed by atoms with E-state index in [9.17, 15) is 9.59 Å². The molecule has 0 aromatic carbocycles. The van der Waals surface area contributed by atoms with Gasteiger partial charge in [-0.15, -0.1) is 0 Å². The Morgan fingerprint density at radius 1 is 1.21 bits per heavy atom. The van der Waals surface area contributed by atoms with E-state index in [1.807, 2.05) is 24.0 Å². The van der Waals surface area contributed by atoms with E-state index in [0.29, 0.717) is 37.4 Å². The Labute approximate surface area is 164 Å². The number of likely N-dealkylation sites (tertiary alicyclic amines) is 1. The molecule has 0 unspecified atom stereocenters. The fraction of sp³-hybridized carbons (Fsp3) is 0.429. The average molecular weight is 380 g/mol. The predicted molar refractivity (Wildman–Crippen MR) is 104 cm³/mol. The zero-order valence-corrected chi connectivity index (χ0v) is 15.9. The van der Waals surface area contributed by atoms with Gasteiger partial charge in [0.1, 0.15) is 0 Å². The van der Waals surface area contributed by atoms with Gasteiger partial charge >= 0.3 is 0 Å². The lowest BCUT2D eigenvalue weighted by Crippen LogP contribution is -2.53. The van der Waals surface area contributed by atoms with Crippen molar-refractivity contribution in [3.63, 3.8) is 0 Å². The molecule has 0 saturated carbocycles. The summed E-state index contributed by atoms with van der Waals surface area (Å²) in [5.74, 6) is -0.271. The smallest absolute Gasteiger partial charge is 0.255 e. The average Bonchev–Trinajstić information content (AvgIpc) is 2.73. The van der Waals surface area contributed by atoms with E-state index in [2.05, 4.69) is 15.3 Å². The fourth-order valence-electron chi connectivity index (χ4n) is 4.07. The molecule has 2 saturated heterocycles. The third-order valence-corrected chi connectivity index (χ3v) is 5.58. The summed E-state index contributed by atoms with van der Waals surface area (Å²) in [7, 11) is 0. The number of rotatable bonds is 3. The van der Waals surface area contributed by atoms with Crippen LogP contribution in [0.25, 0.3) is 0 Å². The number of aryl methyl sites for hydroxylation is 1. The van der Waals surface area contributed by atoms with Gasteiger partial charge in [-0.2, -0.15) is 0 Å². The summed E-state index contributed by atoms with van der Waals surface area (Å²) in [6.45, 7) is 3.61. The molecule has 2 aliphatic rings. The van der Waals surface area contributed by atoms with Gasteiger partial charge in [0.2, 0.25) is 5.91 Å². The molecule has 2 amide bonds. The lowest BCUT2D eigenvalue weighted by atomic mass is 9.78. The summed E-state index contributed by atoms with van der Waals surface area (Å²) < 4.78 is 5.92. The Hall–Kier alpha value is -2.80. The Morgan fingerprint density at radius 3 is 2.86 bits per heavy atom. The third-order valence-electron chi connectivity index (χ3n) is 5.58. The van der Waals surface area contributed by atoms with Crippen molar-refractivity contribution in [3.05, 3.63) is 54.1 Å². The molecule has 2 aromatic heterocycles. The fourth-order valence-corrected chi connectivity index (χ4v) is 4.07. The molecule has 0 aliphatic carbocycles. The number of nitrogens with zero attached hydrogens (tertiary/aromatic N) is 3. The lowest BCUT2D eigenvalue weighted by molar-refractivity contribution is -0.135. The van der Waals surface area contributed by atoms with Gasteiger partial charge in [0, 0.05) is 49.6 Å². The summed E-state index contributed by atoms with van der Waals surface area (Å²) in [6, 6.07) is 7.26. The summed E-state index contributed by atoms with van der Waals surface area (Å²) >= 11 is 0. The van der Waals surface area contributed by atoms with E-state index in [4.69, 9.17) is 4.74 Å². The van der Waals surface area contributed by atoms with Gasteiger partial charge in [0.05, 0.1) is 23.6 Å². The van der Waals surface area contributed by atoms with Gasteiger partial charge in [-0.1, -0.05) is 0 Å². The molecule has 4 heterocycles. The Balaban J connectivity index is 1.47. The summed E-state index contributed by atoms with van der Waals surface area (Å²) in [5.41, 5.74) is 2.14. The number of hydrogen-bond acceptors (Lipinski definition) is 5. The molecular weight excluding hydrogens is 356 g/mol. The highest BCUT2D eigenvalue weighted by atomic mass is 16.5. The van der Waals surface area contributed by atoms with Crippen molar-refractivity contribution in [1.82, 2.24) is 14.9 Å². The number of pyridine rings is 2. The molecule has 4 rings (SSSR count). The van der Waals surface area contributed by atoms with Crippen LogP contribution in [0.4, 0.5) is 5.69 Å². The van der Waals surface area contributed by atoms with Gasteiger partial charge in [-0.05, 0) is 44.0 Å². The van der Waals surface area contributed by atoms with Crippen molar-refractivity contribution in [2.24, 2.45) is 11.8 Å². The molecule has 2 fully saturated rings. The summed E-state index contributed by atoms with van der Waals surface area (Å²) in [6.07, 6.45) is 6.33. The van der Waals surface area contributed by atoms with Crippen LogP contribution >= 0.6 is 0 Å². The van der Waals surface area contributed by atoms with Crippen molar-refractivity contribution in [2.75, 3.05) is 25.0 Å². The van der Waals surface area contributed by atoms with Crippen molar-refractivity contribution in [2.45, 2.75) is 25.9 Å². The third kappa shape index (κ3) is 3.89. The van der Waals surface area contributed by atoms with Crippen LogP contribution in [0, 0.1) is 18.8 Å². The molecule has 3 atom stereocenters. The van der Waals surface area contributed by atoms with Crippen LogP contribution in [0.1, 0.15) is 28.9 Å². The zero-order chi connectivity index (χ0) is 19.5. The van der Waals surface area contributed by atoms with Crippen LogP contribution in [0.15, 0.2) is 42.9 Å². The monoisotopic (exact) mass is 380 g/mol. The highest BCUT2D eigenvalue weighted by Crippen LogP contribution is 2.34. The van der Waals surface area contributed by atoms with Crippen LogP contribution in [0.3, 0.4) is 0 Å². The molecule has 0 spiro atoms. The molecule has 146 valence electrons. The molecular formula is C21H24N4O3. The minimum Gasteiger partial charge on any atom is -0.378 e. The molecule has 2 aromatic rings. The minimum atomic E-state index is -0.189. The second kappa shape index (κ2) is 8.06. The lowest BCUT2D eigenvalue weighted by Gasteiger charge is -2.44.